The average Bonchev–Trinajstić information content (AvgIpc) is 2.63. The quantitative estimate of drug-likeness (QED) is 0.461. The molecule has 7 nitrogen and oxygen atoms in total. The number of hydrogen-bond donors (Lipinski definition) is 0. The Morgan fingerprint density at radius 2 is 2.03 bits per heavy atom. The lowest BCUT2D eigenvalue weighted by molar-refractivity contribution is 0.0524. The largest absolute Gasteiger partial charge is 0.462 e. The highest BCUT2D eigenvalue weighted by atomic mass is 35.5. The van der Waals surface area contributed by atoms with Crippen LogP contribution in [-0.2, 0) is 4.74 Å². The second-order valence-electron chi connectivity index (χ2n) is 6.76. The molecule has 4 heterocycles. The third kappa shape index (κ3) is 3.45. The van der Waals surface area contributed by atoms with Crippen LogP contribution in [0.3, 0.4) is 0 Å². The maximum atomic E-state index is 12.9. The highest BCUT2D eigenvalue weighted by Gasteiger charge is 2.21. The Balaban J connectivity index is 1.97. The van der Waals surface area contributed by atoms with E-state index in [-0.39, 0.29) is 27.7 Å². The maximum Gasteiger partial charge on any atom is 0.343 e. The van der Waals surface area contributed by atoms with Gasteiger partial charge < -0.3 is 9.64 Å². The molecule has 3 aromatic heterocycles. The highest BCUT2D eigenvalue weighted by molar-refractivity contribution is 6.41. The van der Waals surface area contributed by atoms with Gasteiger partial charge >= 0.3 is 5.97 Å². The minimum Gasteiger partial charge on any atom is -0.462 e. The van der Waals surface area contributed by atoms with Crippen LogP contribution in [0.4, 0.5) is 5.82 Å². The van der Waals surface area contributed by atoms with Crippen molar-refractivity contribution < 1.29 is 9.53 Å². The van der Waals surface area contributed by atoms with Gasteiger partial charge in [0.2, 0.25) is 5.43 Å². The number of anilines is 1. The molecule has 0 amide bonds. The summed E-state index contributed by atoms with van der Waals surface area (Å²) < 4.78 is 6.68. The maximum absolute atomic E-state index is 12.9. The number of rotatable bonds is 4. The molecular formula is C20H18Cl2N4O3. The van der Waals surface area contributed by atoms with E-state index in [9.17, 15) is 9.59 Å². The zero-order valence-corrected chi connectivity index (χ0v) is 17.4. The Bertz CT molecular complexity index is 1190. The van der Waals surface area contributed by atoms with Gasteiger partial charge in [0.05, 0.1) is 28.9 Å². The van der Waals surface area contributed by atoms with Crippen molar-refractivity contribution in [2.75, 3.05) is 24.6 Å². The number of nitrogens with zero attached hydrogens (tertiary/aromatic N) is 4. The van der Waals surface area contributed by atoms with Crippen molar-refractivity contribution in [3.05, 3.63) is 56.1 Å². The lowest BCUT2D eigenvalue weighted by Crippen LogP contribution is -2.37. The highest BCUT2D eigenvalue weighted by Crippen LogP contribution is 2.27. The minimum atomic E-state index is -0.706. The third-order valence-corrected chi connectivity index (χ3v) is 5.57. The van der Waals surface area contributed by atoms with Crippen LogP contribution in [0, 0.1) is 6.92 Å². The van der Waals surface area contributed by atoms with Crippen molar-refractivity contribution in [1.29, 1.82) is 0 Å². The first-order valence-corrected chi connectivity index (χ1v) is 9.96. The van der Waals surface area contributed by atoms with E-state index in [0.29, 0.717) is 11.3 Å². The molecule has 0 atom stereocenters. The zero-order valence-electron chi connectivity index (χ0n) is 15.9. The number of esters is 1. The fourth-order valence-electron chi connectivity index (χ4n) is 3.24. The molecule has 0 bridgehead atoms. The van der Waals surface area contributed by atoms with Crippen molar-refractivity contribution in [1.82, 2.24) is 14.5 Å². The predicted octanol–water partition coefficient (Wildman–Crippen LogP) is 3.78. The summed E-state index contributed by atoms with van der Waals surface area (Å²) in [5.41, 5.74) is 1.26. The van der Waals surface area contributed by atoms with Gasteiger partial charge in [-0.15, -0.1) is 0 Å². The standard InChI is InChI=1S/C20H18Cl2N4O3/c1-3-29-20(28)13-10-26(19-12(17(13)27)8-14(21)18(22)24-19)15-9-23-16(7-11(15)2)25-5-4-6-25/h7-10H,3-6H2,1-2H3. The summed E-state index contributed by atoms with van der Waals surface area (Å²) in [6, 6.07) is 3.39. The molecule has 4 rings (SSSR count). The molecule has 1 aliphatic heterocycles. The molecule has 1 aliphatic rings. The lowest BCUT2D eigenvalue weighted by atomic mass is 10.1. The van der Waals surface area contributed by atoms with Gasteiger partial charge in [0.15, 0.2) is 0 Å². The van der Waals surface area contributed by atoms with E-state index in [1.54, 1.807) is 17.7 Å². The Kier molecular flexibility index (Phi) is 5.19. The van der Waals surface area contributed by atoms with E-state index >= 15 is 0 Å². The molecule has 0 radical (unpaired) electrons. The summed E-state index contributed by atoms with van der Waals surface area (Å²) in [7, 11) is 0. The predicted molar refractivity (Wildman–Crippen MR) is 113 cm³/mol. The third-order valence-electron chi connectivity index (χ3n) is 4.89. The fraction of sp³-hybridized carbons (Fsp3) is 0.300. The molecule has 150 valence electrons. The summed E-state index contributed by atoms with van der Waals surface area (Å²) in [4.78, 5) is 36.3. The Morgan fingerprint density at radius 3 is 2.66 bits per heavy atom. The first-order valence-electron chi connectivity index (χ1n) is 9.21. The molecule has 3 aromatic rings. The molecule has 0 aromatic carbocycles. The lowest BCUT2D eigenvalue weighted by Gasteiger charge is -2.32. The van der Waals surface area contributed by atoms with E-state index in [2.05, 4.69) is 14.9 Å². The van der Waals surface area contributed by atoms with Crippen LogP contribution in [0.25, 0.3) is 16.7 Å². The summed E-state index contributed by atoms with van der Waals surface area (Å²) in [5, 5.41) is 0.377. The Hall–Kier alpha value is -2.64. The molecule has 0 spiro atoms. The van der Waals surface area contributed by atoms with Gasteiger partial charge in [0.25, 0.3) is 0 Å². The van der Waals surface area contributed by atoms with Gasteiger partial charge in [-0.3, -0.25) is 9.36 Å². The number of aromatic nitrogens is 3. The topological polar surface area (TPSA) is 77.3 Å². The first kappa shape index (κ1) is 19.7. The van der Waals surface area contributed by atoms with Gasteiger partial charge in [-0.05, 0) is 38.0 Å². The number of hydrogen-bond acceptors (Lipinski definition) is 6. The number of ether oxygens (including phenoxy) is 1. The minimum absolute atomic E-state index is 0.0685. The SMILES string of the molecule is CCOC(=O)c1cn(-c2cnc(N3CCC3)cc2C)c2nc(Cl)c(Cl)cc2c1=O. The van der Waals surface area contributed by atoms with Crippen molar-refractivity contribution in [3.63, 3.8) is 0 Å². The monoisotopic (exact) mass is 432 g/mol. The van der Waals surface area contributed by atoms with E-state index < -0.39 is 11.4 Å². The summed E-state index contributed by atoms with van der Waals surface area (Å²) >= 11 is 12.2. The van der Waals surface area contributed by atoms with Crippen LogP contribution >= 0.6 is 23.2 Å². The van der Waals surface area contributed by atoms with Crippen molar-refractivity contribution >= 4 is 46.0 Å². The van der Waals surface area contributed by atoms with Crippen molar-refractivity contribution in [2.45, 2.75) is 20.3 Å². The fourth-order valence-corrected chi connectivity index (χ4v) is 3.53. The van der Waals surface area contributed by atoms with E-state index in [1.165, 1.54) is 12.3 Å². The van der Waals surface area contributed by atoms with Crippen LogP contribution in [0.15, 0.2) is 29.3 Å². The van der Waals surface area contributed by atoms with Crippen LogP contribution in [0.5, 0.6) is 0 Å². The van der Waals surface area contributed by atoms with Gasteiger partial charge in [0, 0.05) is 19.3 Å². The molecule has 29 heavy (non-hydrogen) atoms. The van der Waals surface area contributed by atoms with E-state index in [0.717, 1.165) is 30.9 Å². The molecule has 1 saturated heterocycles. The summed E-state index contributed by atoms with van der Waals surface area (Å²) in [6.45, 7) is 5.73. The molecule has 0 N–H and O–H groups in total. The van der Waals surface area contributed by atoms with Gasteiger partial charge in [-0.1, -0.05) is 23.2 Å². The molecule has 1 fully saturated rings. The number of halogens is 2. The normalized spacial score (nSPS) is 13.4. The number of carbonyl (C=O) groups excluding carboxylic acids is 1. The number of pyridine rings is 3. The van der Waals surface area contributed by atoms with Crippen LogP contribution in [0.1, 0.15) is 29.3 Å². The van der Waals surface area contributed by atoms with E-state index in [1.807, 2.05) is 13.0 Å². The average molecular weight is 433 g/mol. The Morgan fingerprint density at radius 1 is 1.28 bits per heavy atom. The van der Waals surface area contributed by atoms with Crippen LogP contribution in [0.2, 0.25) is 10.2 Å². The van der Waals surface area contributed by atoms with Crippen molar-refractivity contribution in [2.24, 2.45) is 0 Å². The van der Waals surface area contributed by atoms with Gasteiger partial charge in [-0.25, -0.2) is 14.8 Å². The van der Waals surface area contributed by atoms with Crippen LogP contribution in [-0.4, -0.2) is 40.2 Å². The van der Waals surface area contributed by atoms with Crippen molar-refractivity contribution in [3.8, 4) is 5.69 Å². The van der Waals surface area contributed by atoms with Gasteiger partial charge in [0.1, 0.15) is 22.2 Å². The molecule has 0 saturated carbocycles. The molecule has 9 heteroatoms. The number of aryl methyl sites for hydroxylation is 1. The van der Waals surface area contributed by atoms with E-state index in [4.69, 9.17) is 27.9 Å². The van der Waals surface area contributed by atoms with Crippen LogP contribution < -0.4 is 10.3 Å². The molecular weight excluding hydrogens is 415 g/mol. The molecule has 0 unspecified atom stereocenters. The summed E-state index contributed by atoms with van der Waals surface area (Å²) in [6.07, 6.45) is 4.28. The summed E-state index contributed by atoms with van der Waals surface area (Å²) in [5.74, 6) is 0.185. The van der Waals surface area contributed by atoms with Gasteiger partial charge in [-0.2, -0.15) is 0 Å². The zero-order chi connectivity index (χ0) is 20.7. The first-order chi connectivity index (χ1) is 13.9. The smallest absolute Gasteiger partial charge is 0.343 e. The second-order valence-corrected chi connectivity index (χ2v) is 7.53. The Labute approximate surface area is 176 Å². The number of fused-ring (bicyclic) bond motifs is 1. The molecule has 0 aliphatic carbocycles. The number of carbonyl (C=O) groups is 1. The second kappa shape index (κ2) is 7.65.